The quantitative estimate of drug-likeness (QED) is 0.794. The number of hydrogen-bond acceptors (Lipinski definition) is 4. The predicted octanol–water partition coefficient (Wildman–Crippen LogP) is 2.63. The number of unbranched alkanes of at least 4 members (excludes halogenated alkanes) is 1. The number of anilines is 1. The van der Waals surface area contributed by atoms with E-state index >= 15 is 0 Å². The van der Waals surface area contributed by atoms with Crippen molar-refractivity contribution in [1.82, 2.24) is 9.29 Å². The van der Waals surface area contributed by atoms with E-state index in [1.807, 2.05) is 31.2 Å². The zero-order chi connectivity index (χ0) is 17.6. The molecular weight excluding hydrogens is 326 g/mol. The number of carbonyl (C=O) groups is 1. The van der Waals surface area contributed by atoms with Gasteiger partial charge in [0.2, 0.25) is 15.9 Å². The maximum Gasteiger partial charge on any atom is 0.225 e. The van der Waals surface area contributed by atoms with Crippen LogP contribution in [0.4, 0.5) is 5.69 Å². The Morgan fingerprint density at radius 3 is 2.67 bits per heavy atom. The zero-order valence-corrected chi connectivity index (χ0v) is 14.8. The Morgan fingerprint density at radius 2 is 1.96 bits per heavy atom. The fourth-order valence-corrected chi connectivity index (χ4v) is 3.31. The molecule has 1 N–H and O–H groups in total. The number of nitrogens with one attached hydrogen (secondary N) is 1. The summed E-state index contributed by atoms with van der Waals surface area (Å²) in [4.78, 5) is 16.5. The van der Waals surface area contributed by atoms with Crippen LogP contribution in [0.15, 0.2) is 36.5 Å². The molecule has 0 bridgehead atoms. The second-order valence-corrected chi connectivity index (χ2v) is 7.68. The molecule has 7 heteroatoms. The molecule has 1 heterocycles. The van der Waals surface area contributed by atoms with Crippen LogP contribution in [0.1, 0.15) is 26.2 Å². The average molecular weight is 349 g/mol. The predicted molar refractivity (Wildman–Crippen MR) is 96.3 cm³/mol. The number of para-hydroxylation sites is 1. The number of rotatable bonds is 8. The van der Waals surface area contributed by atoms with E-state index in [1.165, 1.54) is 10.6 Å². The van der Waals surface area contributed by atoms with Gasteiger partial charge in [-0.3, -0.25) is 9.78 Å². The Balaban J connectivity index is 2.02. The number of amides is 1. The van der Waals surface area contributed by atoms with Crippen LogP contribution in [0.5, 0.6) is 0 Å². The molecular formula is C17H23N3O3S. The Hall–Kier alpha value is -1.99. The van der Waals surface area contributed by atoms with Crippen molar-refractivity contribution in [2.75, 3.05) is 24.7 Å². The van der Waals surface area contributed by atoms with Crippen LogP contribution in [0.25, 0.3) is 10.9 Å². The van der Waals surface area contributed by atoms with E-state index in [0.717, 1.165) is 23.7 Å². The highest BCUT2D eigenvalue weighted by Gasteiger charge is 2.17. The number of fused-ring (bicyclic) bond motifs is 1. The Bertz CT molecular complexity index is 800. The number of aromatic nitrogens is 1. The molecule has 0 fully saturated rings. The molecule has 0 aliphatic carbocycles. The summed E-state index contributed by atoms with van der Waals surface area (Å²) in [6, 6.07) is 9.33. The average Bonchev–Trinajstić information content (AvgIpc) is 2.54. The van der Waals surface area contributed by atoms with Gasteiger partial charge in [-0.1, -0.05) is 31.5 Å². The molecule has 0 unspecified atom stereocenters. The van der Waals surface area contributed by atoms with Crippen molar-refractivity contribution in [3.8, 4) is 0 Å². The number of benzene rings is 1. The molecule has 0 saturated heterocycles. The molecule has 130 valence electrons. The fraction of sp³-hybridized carbons (Fsp3) is 0.412. The first kappa shape index (κ1) is 18.4. The fourth-order valence-electron chi connectivity index (χ4n) is 2.42. The summed E-state index contributed by atoms with van der Waals surface area (Å²) in [6.45, 7) is 2.63. The zero-order valence-electron chi connectivity index (χ0n) is 14.0. The molecule has 2 aromatic rings. The van der Waals surface area contributed by atoms with Gasteiger partial charge in [0.25, 0.3) is 0 Å². The summed E-state index contributed by atoms with van der Waals surface area (Å²) in [5.41, 5.74) is 1.36. The summed E-state index contributed by atoms with van der Waals surface area (Å²) < 4.78 is 24.9. The molecule has 0 saturated carbocycles. The topological polar surface area (TPSA) is 79.4 Å². The number of sulfonamides is 1. The third-order valence-electron chi connectivity index (χ3n) is 3.73. The van der Waals surface area contributed by atoms with E-state index < -0.39 is 10.0 Å². The van der Waals surface area contributed by atoms with Crippen LogP contribution in [0.2, 0.25) is 0 Å². The molecule has 0 aliphatic rings. The first-order chi connectivity index (χ1) is 11.4. The molecule has 1 aromatic carbocycles. The monoisotopic (exact) mass is 349 g/mol. The SMILES string of the molecule is CCCCN(CCC(=O)Nc1cccc2cccnc12)S(C)(=O)=O. The smallest absolute Gasteiger partial charge is 0.225 e. The third kappa shape index (κ3) is 5.01. The van der Waals surface area contributed by atoms with Gasteiger partial charge in [0.1, 0.15) is 0 Å². The van der Waals surface area contributed by atoms with Crippen molar-refractivity contribution in [2.24, 2.45) is 0 Å². The number of pyridine rings is 1. The Labute approximate surface area is 142 Å². The van der Waals surface area contributed by atoms with E-state index in [2.05, 4.69) is 10.3 Å². The van der Waals surface area contributed by atoms with Gasteiger partial charge >= 0.3 is 0 Å². The lowest BCUT2D eigenvalue weighted by molar-refractivity contribution is -0.116. The normalized spacial score (nSPS) is 11.8. The lowest BCUT2D eigenvalue weighted by atomic mass is 10.2. The van der Waals surface area contributed by atoms with E-state index in [4.69, 9.17) is 0 Å². The van der Waals surface area contributed by atoms with Gasteiger partial charge < -0.3 is 5.32 Å². The van der Waals surface area contributed by atoms with E-state index in [9.17, 15) is 13.2 Å². The van der Waals surface area contributed by atoms with Gasteiger partial charge in [-0.2, -0.15) is 0 Å². The van der Waals surface area contributed by atoms with Crippen LogP contribution in [0.3, 0.4) is 0 Å². The summed E-state index contributed by atoms with van der Waals surface area (Å²) in [5, 5.41) is 3.77. The summed E-state index contributed by atoms with van der Waals surface area (Å²) in [5.74, 6) is -0.224. The Morgan fingerprint density at radius 1 is 1.21 bits per heavy atom. The molecule has 0 spiro atoms. The van der Waals surface area contributed by atoms with Crippen molar-refractivity contribution in [2.45, 2.75) is 26.2 Å². The molecule has 1 aromatic heterocycles. The van der Waals surface area contributed by atoms with Crippen molar-refractivity contribution >= 4 is 32.5 Å². The van der Waals surface area contributed by atoms with Gasteiger partial charge in [-0.25, -0.2) is 12.7 Å². The molecule has 24 heavy (non-hydrogen) atoms. The van der Waals surface area contributed by atoms with E-state index in [1.54, 1.807) is 12.3 Å². The number of nitrogens with zero attached hydrogens (tertiary/aromatic N) is 2. The summed E-state index contributed by atoms with van der Waals surface area (Å²) >= 11 is 0. The summed E-state index contributed by atoms with van der Waals surface area (Å²) in [6.07, 6.45) is 4.64. The van der Waals surface area contributed by atoms with Crippen LogP contribution < -0.4 is 5.32 Å². The highest BCUT2D eigenvalue weighted by atomic mass is 32.2. The molecule has 0 aliphatic heterocycles. The minimum Gasteiger partial charge on any atom is -0.324 e. The van der Waals surface area contributed by atoms with Crippen molar-refractivity contribution in [3.63, 3.8) is 0 Å². The first-order valence-electron chi connectivity index (χ1n) is 8.00. The number of carbonyl (C=O) groups excluding carboxylic acids is 1. The third-order valence-corrected chi connectivity index (χ3v) is 5.03. The van der Waals surface area contributed by atoms with E-state index in [-0.39, 0.29) is 18.9 Å². The van der Waals surface area contributed by atoms with Crippen LogP contribution in [0, 0.1) is 0 Å². The Kier molecular flexibility index (Phi) is 6.28. The molecule has 1 amide bonds. The standard InChI is InChI=1S/C17H23N3O3S/c1-3-4-12-20(24(2,22)23)13-10-16(21)19-15-9-5-7-14-8-6-11-18-17(14)15/h5-9,11H,3-4,10,12-13H2,1-2H3,(H,19,21). The van der Waals surface area contributed by atoms with Crippen molar-refractivity contribution < 1.29 is 13.2 Å². The van der Waals surface area contributed by atoms with Crippen LogP contribution in [-0.2, 0) is 14.8 Å². The van der Waals surface area contributed by atoms with Gasteiger partial charge in [-0.15, -0.1) is 0 Å². The first-order valence-corrected chi connectivity index (χ1v) is 9.85. The highest BCUT2D eigenvalue weighted by molar-refractivity contribution is 7.88. The minimum atomic E-state index is -3.30. The number of hydrogen-bond donors (Lipinski definition) is 1. The van der Waals surface area contributed by atoms with Crippen molar-refractivity contribution in [3.05, 3.63) is 36.5 Å². The lowest BCUT2D eigenvalue weighted by Crippen LogP contribution is -2.33. The maximum absolute atomic E-state index is 12.2. The minimum absolute atomic E-state index is 0.111. The molecule has 0 radical (unpaired) electrons. The molecule has 0 atom stereocenters. The lowest BCUT2D eigenvalue weighted by Gasteiger charge is -2.19. The largest absolute Gasteiger partial charge is 0.324 e. The van der Waals surface area contributed by atoms with Crippen LogP contribution in [-0.4, -0.2) is 43.0 Å². The van der Waals surface area contributed by atoms with Gasteiger partial charge in [0, 0.05) is 31.1 Å². The highest BCUT2D eigenvalue weighted by Crippen LogP contribution is 2.20. The van der Waals surface area contributed by atoms with Crippen molar-refractivity contribution in [1.29, 1.82) is 0 Å². The summed E-state index contributed by atoms with van der Waals surface area (Å²) in [7, 11) is -3.30. The molecule has 6 nitrogen and oxygen atoms in total. The second-order valence-electron chi connectivity index (χ2n) is 5.69. The van der Waals surface area contributed by atoms with Crippen LogP contribution >= 0.6 is 0 Å². The second kappa shape index (κ2) is 8.21. The molecule has 2 rings (SSSR count). The van der Waals surface area contributed by atoms with E-state index in [0.29, 0.717) is 12.2 Å². The maximum atomic E-state index is 12.2. The van der Waals surface area contributed by atoms with Gasteiger partial charge in [0.15, 0.2) is 0 Å². The van der Waals surface area contributed by atoms with Gasteiger partial charge in [-0.05, 0) is 18.6 Å². The van der Waals surface area contributed by atoms with Gasteiger partial charge in [0.05, 0.1) is 17.5 Å².